The van der Waals surface area contributed by atoms with Gasteiger partial charge in [0, 0.05) is 0 Å². The van der Waals surface area contributed by atoms with Crippen LogP contribution < -0.4 is 0 Å². The number of rotatable bonds is 4. The minimum absolute atomic E-state index is 0.205. The molecule has 0 spiro atoms. The molecule has 0 bridgehead atoms. The molecule has 0 aliphatic heterocycles. The molecule has 1 saturated carbocycles. The summed E-state index contributed by atoms with van der Waals surface area (Å²) in [6, 6.07) is 0. The molecule has 0 aromatic rings. The van der Waals surface area contributed by atoms with E-state index in [-0.39, 0.29) is 17.3 Å². The van der Waals surface area contributed by atoms with Crippen LogP contribution in [0.5, 0.6) is 0 Å². The Morgan fingerprint density at radius 2 is 1.76 bits per heavy atom. The fourth-order valence-electron chi connectivity index (χ4n) is 3.03. The van der Waals surface area contributed by atoms with Crippen LogP contribution in [0.15, 0.2) is 0 Å². The Hall–Kier alpha value is -1.06. The highest BCUT2D eigenvalue weighted by Crippen LogP contribution is 2.43. The molecule has 1 rings (SSSR count). The van der Waals surface area contributed by atoms with E-state index in [2.05, 4.69) is 13.8 Å². The van der Waals surface area contributed by atoms with E-state index in [9.17, 15) is 9.59 Å². The van der Waals surface area contributed by atoms with Gasteiger partial charge in [-0.3, -0.25) is 9.59 Å². The van der Waals surface area contributed by atoms with Crippen LogP contribution in [0.1, 0.15) is 46.5 Å². The molecule has 17 heavy (non-hydrogen) atoms. The second-order valence-corrected chi connectivity index (χ2v) is 6.03. The minimum atomic E-state index is -1.27. The molecular weight excluding hydrogens is 220 g/mol. The smallest absolute Gasteiger partial charge is 0.318 e. The molecule has 4 nitrogen and oxygen atoms in total. The highest BCUT2D eigenvalue weighted by molar-refractivity contribution is 5.93. The molecule has 0 aromatic heterocycles. The number of hydrogen-bond acceptors (Lipinski definition) is 2. The van der Waals surface area contributed by atoms with Gasteiger partial charge >= 0.3 is 11.9 Å². The Morgan fingerprint density at radius 1 is 1.24 bits per heavy atom. The maximum absolute atomic E-state index is 11.0. The van der Waals surface area contributed by atoms with Crippen LogP contribution >= 0.6 is 0 Å². The van der Waals surface area contributed by atoms with E-state index >= 15 is 0 Å². The van der Waals surface area contributed by atoms with E-state index in [0.29, 0.717) is 0 Å². The molecule has 0 radical (unpaired) electrons. The molecule has 0 aromatic carbocycles. The summed E-state index contributed by atoms with van der Waals surface area (Å²) in [5, 5.41) is 18.0. The molecular formula is C13H22O4. The van der Waals surface area contributed by atoms with Crippen LogP contribution in [-0.4, -0.2) is 22.2 Å². The highest BCUT2D eigenvalue weighted by atomic mass is 16.4. The molecule has 1 fully saturated rings. The summed E-state index contributed by atoms with van der Waals surface area (Å²) >= 11 is 0. The molecule has 0 heterocycles. The summed E-state index contributed by atoms with van der Waals surface area (Å²) in [4.78, 5) is 22.0. The van der Waals surface area contributed by atoms with Crippen molar-refractivity contribution in [2.24, 2.45) is 23.2 Å². The summed E-state index contributed by atoms with van der Waals surface area (Å²) in [5.74, 6) is -3.80. The van der Waals surface area contributed by atoms with E-state index in [4.69, 9.17) is 10.2 Å². The summed E-state index contributed by atoms with van der Waals surface area (Å²) in [6.45, 7) is 6.10. The van der Waals surface area contributed by atoms with Gasteiger partial charge < -0.3 is 10.2 Å². The predicted octanol–water partition coefficient (Wildman–Crippen LogP) is 2.62. The Morgan fingerprint density at radius 3 is 2.18 bits per heavy atom. The van der Waals surface area contributed by atoms with Gasteiger partial charge in [-0.05, 0) is 30.1 Å². The van der Waals surface area contributed by atoms with Crippen molar-refractivity contribution in [1.82, 2.24) is 0 Å². The van der Waals surface area contributed by atoms with E-state index < -0.39 is 17.9 Å². The standard InChI is InChI=1S/C13H22O4/c1-8(10(11(14)15)12(16)17)9-5-4-6-13(2,3)7-9/h8-10H,4-7H2,1-3H3,(H,14,15)(H,16,17)/t8?,9-/m1/s1. The van der Waals surface area contributed by atoms with Crippen LogP contribution in [0.25, 0.3) is 0 Å². The maximum atomic E-state index is 11.0. The van der Waals surface area contributed by atoms with Gasteiger partial charge in [-0.2, -0.15) is 0 Å². The third-order valence-corrected chi connectivity index (χ3v) is 4.04. The average Bonchev–Trinajstić information content (AvgIpc) is 2.14. The monoisotopic (exact) mass is 242 g/mol. The maximum Gasteiger partial charge on any atom is 0.318 e. The van der Waals surface area contributed by atoms with E-state index in [0.717, 1.165) is 25.7 Å². The van der Waals surface area contributed by atoms with Gasteiger partial charge in [-0.1, -0.05) is 33.6 Å². The third-order valence-electron chi connectivity index (χ3n) is 4.04. The van der Waals surface area contributed by atoms with Crippen molar-refractivity contribution in [2.75, 3.05) is 0 Å². The van der Waals surface area contributed by atoms with Crippen LogP contribution in [0.3, 0.4) is 0 Å². The molecule has 2 atom stereocenters. The Bertz CT molecular complexity index is 295. The first-order chi connectivity index (χ1) is 7.74. The van der Waals surface area contributed by atoms with Crippen molar-refractivity contribution in [3.05, 3.63) is 0 Å². The van der Waals surface area contributed by atoms with Crippen molar-refractivity contribution in [2.45, 2.75) is 46.5 Å². The largest absolute Gasteiger partial charge is 0.481 e. The van der Waals surface area contributed by atoms with Crippen LogP contribution in [-0.2, 0) is 9.59 Å². The van der Waals surface area contributed by atoms with Gasteiger partial charge in [-0.25, -0.2) is 0 Å². The van der Waals surface area contributed by atoms with Gasteiger partial charge in [-0.15, -0.1) is 0 Å². The van der Waals surface area contributed by atoms with Crippen LogP contribution in [0, 0.1) is 23.2 Å². The number of aliphatic carboxylic acids is 2. The van der Waals surface area contributed by atoms with Crippen molar-refractivity contribution in [1.29, 1.82) is 0 Å². The lowest BCUT2D eigenvalue weighted by Crippen LogP contribution is -2.37. The van der Waals surface area contributed by atoms with Gasteiger partial charge in [0.25, 0.3) is 0 Å². The van der Waals surface area contributed by atoms with Gasteiger partial charge in [0.15, 0.2) is 5.92 Å². The zero-order chi connectivity index (χ0) is 13.2. The predicted molar refractivity (Wildman–Crippen MR) is 63.7 cm³/mol. The van der Waals surface area contributed by atoms with E-state index in [1.165, 1.54) is 0 Å². The Labute approximate surface area is 102 Å². The lowest BCUT2D eigenvalue weighted by atomic mass is 9.66. The molecule has 0 saturated heterocycles. The first kappa shape index (κ1) is 14.0. The van der Waals surface area contributed by atoms with Gasteiger partial charge in [0.2, 0.25) is 0 Å². The SMILES string of the molecule is CC(C(C(=O)O)C(=O)O)[C@@H]1CCCC(C)(C)C1. The summed E-state index contributed by atoms with van der Waals surface area (Å²) in [6.07, 6.45) is 4.07. The summed E-state index contributed by atoms with van der Waals surface area (Å²) in [5.41, 5.74) is 0.207. The van der Waals surface area contributed by atoms with Crippen molar-refractivity contribution < 1.29 is 19.8 Å². The lowest BCUT2D eigenvalue weighted by molar-refractivity contribution is -0.158. The number of carboxylic acids is 2. The zero-order valence-corrected chi connectivity index (χ0v) is 10.8. The summed E-state index contributed by atoms with van der Waals surface area (Å²) < 4.78 is 0. The highest BCUT2D eigenvalue weighted by Gasteiger charge is 2.40. The van der Waals surface area contributed by atoms with E-state index in [1.54, 1.807) is 6.92 Å². The normalized spacial score (nSPS) is 25.5. The first-order valence-electron chi connectivity index (χ1n) is 6.20. The third kappa shape index (κ3) is 3.45. The Balaban J connectivity index is 2.77. The topological polar surface area (TPSA) is 74.6 Å². The molecule has 4 heteroatoms. The minimum Gasteiger partial charge on any atom is -0.481 e. The molecule has 1 aliphatic rings. The quantitative estimate of drug-likeness (QED) is 0.743. The first-order valence-corrected chi connectivity index (χ1v) is 6.20. The van der Waals surface area contributed by atoms with Crippen molar-refractivity contribution in [3.8, 4) is 0 Å². The average molecular weight is 242 g/mol. The van der Waals surface area contributed by atoms with Gasteiger partial charge in [0.1, 0.15) is 0 Å². The number of carboxylic acid groups (broad SMARTS) is 2. The number of carbonyl (C=O) groups is 2. The van der Waals surface area contributed by atoms with Gasteiger partial charge in [0.05, 0.1) is 0 Å². The molecule has 0 amide bonds. The molecule has 2 N–H and O–H groups in total. The second kappa shape index (κ2) is 5.07. The van der Waals surface area contributed by atoms with Crippen molar-refractivity contribution in [3.63, 3.8) is 0 Å². The van der Waals surface area contributed by atoms with E-state index in [1.807, 2.05) is 0 Å². The lowest BCUT2D eigenvalue weighted by Gasteiger charge is -2.39. The molecule has 98 valence electrons. The molecule has 1 aliphatic carbocycles. The summed E-state index contributed by atoms with van der Waals surface area (Å²) in [7, 11) is 0. The second-order valence-electron chi connectivity index (χ2n) is 6.03. The van der Waals surface area contributed by atoms with Crippen molar-refractivity contribution >= 4 is 11.9 Å². The Kier molecular flexibility index (Phi) is 4.17. The fraction of sp³-hybridized carbons (Fsp3) is 0.846. The fourth-order valence-corrected chi connectivity index (χ4v) is 3.03. The van der Waals surface area contributed by atoms with Crippen LogP contribution in [0.4, 0.5) is 0 Å². The zero-order valence-electron chi connectivity index (χ0n) is 10.8. The van der Waals surface area contributed by atoms with Crippen LogP contribution in [0.2, 0.25) is 0 Å². The number of hydrogen-bond donors (Lipinski definition) is 2. The molecule has 1 unspecified atom stereocenters.